The van der Waals surface area contributed by atoms with Crippen molar-refractivity contribution in [3.8, 4) is 5.75 Å². The molecule has 2 heterocycles. The lowest BCUT2D eigenvalue weighted by Gasteiger charge is -2.30. The van der Waals surface area contributed by atoms with Gasteiger partial charge in [0.05, 0.1) is 7.11 Å². The summed E-state index contributed by atoms with van der Waals surface area (Å²) in [5.41, 5.74) is 2.56. The van der Waals surface area contributed by atoms with Crippen molar-refractivity contribution in [3.05, 3.63) is 59.9 Å². The lowest BCUT2D eigenvalue weighted by Crippen LogP contribution is -2.39. The molecule has 0 radical (unpaired) electrons. The number of rotatable bonds is 8. The van der Waals surface area contributed by atoms with Gasteiger partial charge in [0.25, 0.3) is 0 Å². The first-order chi connectivity index (χ1) is 12.3. The first-order valence-corrected chi connectivity index (χ1v) is 9.27. The van der Waals surface area contributed by atoms with E-state index >= 15 is 0 Å². The Kier molecular flexibility index (Phi) is 8.36. The molecule has 0 spiro atoms. The largest absolute Gasteiger partial charge is 0.496 e. The van der Waals surface area contributed by atoms with Crippen LogP contribution in [0.5, 0.6) is 5.75 Å². The second kappa shape index (κ2) is 10.5. The van der Waals surface area contributed by atoms with Gasteiger partial charge in [0.1, 0.15) is 5.75 Å². The zero-order chi connectivity index (χ0) is 17.5. The predicted molar refractivity (Wildman–Crippen MR) is 109 cm³/mol. The van der Waals surface area contributed by atoms with Crippen LogP contribution < -0.4 is 4.74 Å². The summed E-state index contributed by atoms with van der Waals surface area (Å²) < 4.78 is 5.56. The summed E-state index contributed by atoms with van der Waals surface area (Å²) >= 11 is 0. The van der Waals surface area contributed by atoms with E-state index in [1.807, 2.05) is 24.5 Å². The fraction of sp³-hybridized carbons (Fsp3) is 0.476. The molecular weight excluding hydrogens is 346 g/mol. The monoisotopic (exact) mass is 375 g/mol. The third kappa shape index (κ3) is 5.44. The normalized spacial score (nSPS) is 17.3. The van der Waals surface area contributed by atoms with Gasteiger partial charge in [0.2, 0.25) is 0 Å². The number of para-hydroxylation sites is 1. The Morgan fingerprint density at radius 3 is 2.65 bits per heavy atom. The SMILES string of the molecule is CCN1CCCC1CN(Cc1ccncc1)Cc1ccccc1OC.Cl. The quantitative estimate of drug-likeness (QED) is 0.697. The van der Waals surface area contributed by atoms with Gasteiger partial charge in [-0.2, -0.15) is 0 Å². The van der Waals surface area contributed by atoms with Gasteiger partial charge in [-0.3, -0.25) is 14.8 Å². The van der Waals surface area contributed by atoms with Crippen molar-refractivity contribution in [2.45, 2.75) is 38.9 Å². The topological polar surface area (TPSA) is 28.6 Å². The molecule has 0 bridgehead atoms. The van der Waals surface area contributed by atoms with E-state index in [0.29, 0.717) is 6.04 Å². The molecule has 1 fully saturated rings. The summed E-state index contributed by atoms with van der Waals surface area (Å²) in [6.07, 6.45) is 6.37. The summed E-state index contributed by atoms with van der Waals surface area (Å²) in [4.78, 5) is 9.31. The zero-order valence-corrected chi connectivity index (χ0v) is 16.6. The van der Waals surface area contributed by atoms with Gasteiger partial charge in [-0.15, -0.1) is 12.4 Å². The molecule has 2 aromatic rings. The number of pyridine rings is 1. The maximum absolute atomic E-state index is 5.56. The van der Waals surface area contributed by atoms with Crippen LogP contribution in [0.4, 0.5) is 0 Å². The van der Waals surface area contributed by atoms with Crippen LogP contribution in [0, 0.1) is 0 Å². The van der Waals surface area contributed by atoms with E-state index in [9.17, 15) is 0 Å². The number of hydrogen-bond acceptors (Lipinski definition) is 4. The second-order valence-corrected chi connectivity index (χ2v) is 6.76. The van der Waals surface area contributed by atoms with Crippen molar-refractivity contribution in [2.75, 3.05) is 26.7 Å². The third-order valence-corrected chi connectivity index (χ3v) is 5.12. The van der Waals surface area contributed by atoms with Gasteiger partial charge in [-0.05, 0) is 49.7 Å². The van der Waals surface area contributed by atoms with Crippen molar-refractivity contribution in [1.82, 2.24) is 14.8 Å². The fourth-order valence-electron chi connectivity index (χ4n) is 3.82. The highest BCUT2D eigenvalue weighted by atomic mass is 35.5. The first-order valence-electron chi connectivity index (χ1n) is 9.27. The number of nitrogens with zero attached hydrogens (tertiary/aromatic N) is 3. The number of methoxy groups -OCH3 is 1. The number of hydrogen-bond donors (Lipinski definition) is 0. The highest BCUT2D eigenvalue weighted by Gasteiger charge is 2.25. The molecule has 0 N–H and O–H groups in total. The second-order valence-electron chi connectivity index (χ2n) is 6.76. The van der Waals surface area contributed by atoms with Crippen molar-refractivity contribution in [2.24, 2.45) is 0 Å². The molecule has 1 aromatic carbocycles. The van der Waals surface area contributed by atoms with Crippen LogP contribution in [0.3, 0.4) is 0 Å². The standard InChI is InChI=1S/C21H29N3O.ClH/c1-3-24-14-6-8-20(24)17-23(15-18-10-12-22-13-11-18)16-19-7-4-5-9-21(19)25-2;/h4-5,7,9-13,20H,3,6,8,14-17H2,1-2H3;1H. The molecule has 1 aliphatic heterocycles. The number of halogens is 1. The minimum Gasteiger partial charge on any atom is -0.496 e. The van der Waals surface area contributed by atoms with Gasteiger partial charge in [0, 0.05) is 43.6 Å². The van der Waals surface area contributed by atoms with Crippen molar-refractivity contribution in [3.63, 3.8) is 0 Å². The smallest absolute Gasteiger partial charge is 0.123 e. The Morgan fingerprint density at radius 1 is 1.15 bits per heavy atom. The first kappa shape index (κ1) is 20.7. The molecule has 1 saturated heterocycles. The molecule has 0 saturated carbocycles. The third-order valence-electron chi connectivity index (χ3n) is 5.12. The van der Waals surface area contributed by atoms with E-state index in [-0.39, 0.29) is 12.4 Å². The molecule has 4 nitrogen and oxygen atoms in total. The molecule has 142 valence electrons. The highest BCUT2D eigenvalue weighted by Crippen LogP contribution is 2.23. The maximum Gasteiger partial charge on any atom is 0.123 e. The number of likely N-dealkylation sites (N-methyl/N-ethyl adjacent to an activating group) is 1. The Balaban J connectivity index is 0.00000243. The van der Waals surface area contributed by atoms with Crippen molar-refractivity contribution >= 4 is 12.4 Å². The zero-order valence-electron chi connectivity index (χ0n) is 15.8. The Bertz CT molecular complexity index is 653. The molecule has 0 aliphatic carbocycles. The van der Waals surface area contributed by atoms with E-state index < -0.39 is 0 Å². The Labute approximate surface area is 163 Å². The molecular formula is C21H30ClN3O. The number of ether oxygens (including phenoxy) is 1. The summed E-state index contributed by atoms with van der Waals surface area (Å²) in [5, 5.41) is 0. The molecule has 0 amide bonds. The van der Waals surface area contributed by atoms with Crippen LogP contribution in [-0.4, -0.2) is 47.6 Å². The van der Waals surface area contributed by atoms with Gasteiger partial charge >= 0.3 is 0 Å². The van der Waals surface area contributed by atoms with Gasteiger partial charge in [-0.1, -0.05) is 25.1 Å². The maximum atomic E-state index is 5.56. The average Bonchev–Trinajstić information content (AvgIpc) is 3.10. The highest BCUT2D eigenvalue weighted by molar-refractivity contribution is 5.85. The lowest BCUT2D eigenvalue weighted by molar-refractivity contribution is 0.165. The molecule has 3 rings (SSSR count). The molecule has 1 unspecified atom stereocenters. The summed E-state index contributed by atoms with van der Waals surface area (Å²) in [6.45, 7) is 7.58. The van der Waals surface area contributed by atoms with Crippen LogP contribution in [0.25, 0.3) is 0 Å². The van der Waals surface area contributed by atoms with Crippen LogP contribution in [-0.2, 0) is 13.1 Å². The molecule has 5 heteroatoms. The van der Waals surface area contributed by atoms with Crippen LogP contribution in [0.1, 0.15) is 30.9 Å². The predicted octanol–water partition coefficient (Wildman–Crippen LogP) is 4.00. The summed E-state index contributed by atoms with van der Waals surface area (Å²) in [7, 11) is 1.75. The van der Waals surface area contributed by atoms with Crippen molar-refractivity contribution in [1.29, 1.82) is 0 Å². The van der Waals surface area contributed by atoms with E-state index in [0.717, 1.165) is 31.9 Å². The molecule has 1 atom stereocenters. The van der Waals surface area contributed by atoms with Crippen LogP contribution in [0.15, 0.2) is 48.8 Å². The van der Waals surface area contributed by atoms with E-state index in [1.54, 1.807) is 7.11 Å². The molecule has 1 aliphatic rings. The minimum atomic E-state index is 0. The minimum absolute atomic E-state index is 0. The fourth-order valence-corrected chi connectivity index (χ4v) is 3.82. The number of likely N-dealkylation sites (tertiary alicyclic amines) is 1. The van der Waals surface area contributed by atoms with E-state index in [2.05, 4.69) is 46.0 Å². The van der Waals surface area contributed by atoms with Gasteiger partial charge in [-0.25, -0.2) is 0 Å². The Morgan fingerprint density at radius 2 is 1.92 bits per heavy atom. The molecule has 26 heavy (non-hydrogen) atoms. The van der Waals surface area contributed by atoms with Crippen LogP contribution >= 0.6 is 12.4 Å². The lowest BCUT2D eigenvalue weighted by atomic mass is 10.1. The summed E-state index contributed by atoms with van der Waals surface area (Å²) in [5.74, 6) is 0.973. The average molecular weight is 376 g/mol. The summed E-state index contributed by atoms with van der Waals surface area (Å²) in [6, 6.07) is 13.2. The Hall–Kier alpha value is -1.62. The van der Waals surface area contributed by atoms with Gasteiger partial charge in [0.15, 0.2) is 0 Å². The van der Waals surface area contributed by atoms with Gasteiger partial charge < -0.3 is 4.74 Å². The number of aromatic nitrogens is 1. The van der Waals surface area contributed by atoms with E-state index in [4.69, 9.17) is 4.74 Å². The molecule has 1 aromatic heterocycles. The van der Waals surface area contributed by atoms with Crippen molar-refractivity contribution < 1.29 is 4.74 Å². The van der Waals surface area contributed by atoms with E-state index in [1.165, 1.54) is 30.5 Å². The van der Waals surface area contributed by atoms with Crippen LogP contribution in [0.2, 0.25) is 0 Å². The number of benzene rings is 1.